The molecule has 0 aromatic carbocycles. The third-order valence-electron chi connectivity index (χ3n) is 1.94. The van der Waals surface area contributed by atoms with Gasteiger partial charge in [-0.2, -0.15) is 5.26 Å². The van der Waals surface area contributed by atoms with Gasteiger partial charge in [0.2, 0.25) is 5.88 Å². The maximum absolute atomic E-state index is 9.07. The Balaban J connectivity index is 2.54. The number of hydrogen-bond acceptors (Lipinski definition) is 6. The molecule has 0 aliphatic rings. The van der Waals surface area contributed by atoms with E-state index in [0.717, 1.165) is 0 Å². The molecule has 0 bridgehead atoms. The SMILES string of the molecule is CCOc1nccc(-c2cnno2)c1C#N. The van der Waals surface area contributed by atoms with Crippen LogP contribution >= 0.6 is 0 Å². The molecule has 16 heavy (non-hydrogen) atoms. The quantitative estimate of drug-likeness (QED) is 0.770. The molecule has 0 amide bonds. The van der Waals surface area contributed by atoms with Crippen LogP contribution in [0.5, 0.6) is 5.88 Å². The fraction of sp³-hybridized carbons (Fsp3) is 0.200. The van der Waals surface area contributed by atoms with Gasteiger partial charge in [0.05, 0.1) is 12.8 Å². The maximum Gasteiger partial charge on any atom is 0.232 e. The monoisotopic (exact) mass is 216 g/mol. The molecule has 2 aromatic heterocycles. The molecule has 6 nitrogen and oxygen atoms in total. The molecule has 6 heteroatoms. The summed E-state index contributed by atoms with van der Waals surface area (Å²) in [6.07, 6.45) is 2.98. The number of ether oxygens (including phenoxy) is 1. The first-order chi connectivity index (χ1) is 7.86. The molecule has 0 fully saturated rings. The highest BCUT2D eigenvalue weighted by atomic mass is 16.5. The molecule has 0 N–H and O–H groups in total. The van der Waals surface area contributed by atoms with Gasteiger partial charge in [-0.25, -0.2) is 4.98 Å². The Morgan fingerprint density at radius 3 is 3.06 bits per heavy atom. The van der Waals surface area contributed by atoms with Crippen LogP contribution in [0.2, 0.25) is 0 Å². The number of hydrogen-bond donors (Lipinski definition) is 0. The largest absolute Gasteiger partial charge is 0.477 e. The molecule has 0 saturated heterocycles. The zero-order valence-corrected chi connectivity index (χ0v) is 8.54. The Bertz CT molecular complexity index is 516. The summed E-state index contributed by atoms with van der Waals surface area (Å²) in [5.74, 6) is 0.707. The van der Waals surface area contributed by atoms with Crippen molar-refractivity contribution >= 4 is 0 Å². The van der Waals surface area contributed by atoms with Gasteiger partial charge in [-0.3, -0.25) is 0 Å². The summed E-state index contributed by atoms with van der Waals surface area (Å²) in [5.41, 5.74) is 0.897. The normalized spacial score (nSPS) is 9.75. The fourth-order valence-corrected chi connectivity index (χ4v) is 1.29. The average molecular weight is 216 g/mol. The Kier molecular flexibility index (Phi) is 2.78. The van der Waals surface area contributed by atoms with Crippen LogP contribution in [-0.4, -0.2) is 22.0 Å². The van der Waals surface area contributed by atoms with Gasteiger partial charge in [-0.05, 0) is 13.0 Å². The molecule has 2 rings (SSSR count). The Labute approximate surface area is 91.5 Å². The minimum absolute atomic E-state index is 0.291. The number of nitriles is 1. The highest BCUT2D eigenvalue weighted by Gasteiger charge is 2.14. The van der Waals surface area contributed by atoms with E-state index >= 15 is 0 Å². The molecule has 0 unspecified atom stereocenters. The Morgan fingerprint density at radius 1 is 1.56 bits per heavy atom. The Hall–Kier alpha value is -2.42. The zero-order chi connectivity index (χ0) is 11.4. The summed E-state index contributed by atoms with van der Waals surface area (Å²) in [4.78, 5) is 3.98. The van der Waals surface area contributed by atoms with Crippen molar-refractivity contribution in [2.45, 2.75) is 6.92 Å². The van der Waals surface area contributed by atoms with Crippen molar-refractivity contribution in [3.8, 4) is 23.3 Å². The third kappa shape index (κ3) is 1.70. The van der Waals surface area contributed by atoms with Gasteiger partial charge in [-0.1, -0.05) is 0 Å². The minimum atomic E-state index is 0.291. The molecular formula is C10H8N4O2. The van der Waals surface area contributed by atoms with Crippen molar-refractivity contribution in [2.24, 2.45) is 0 Å². The highest BCUT2D eigenvalue weighted by Crippen LogP contribution is 2.27. The average Bonchev–Trinajstić information content (AvgIpc) is 2.82. The summed E-state index contributed by atoms with van der Waals surface area (Å²) in [5, 5.41) is 16.0. The van der Waals surface area contributed by atoms with Crippen LogP contribution in [-0.2, 0) is 0 Å². The molecule has 80 valence electrons. The molecule has 0 atom stereocenters. The van der Waals surface area contributed by atoms with E-state index in [2.05, 4.69) is 15.4 Å². The second-order valence-electron chi connectivity index (χ2n) is 2.87. The van der Waals surface area contributed by atoms with Gasteiger partial charge < -0.3 is 9.26 Å². The first-order valence-electron chi connectivity index (χ1n) is 4.66. The van der Waals surface area contributed by atoms with E-state index in [4.69, 9.17) is 14.5 Å². The lowest BCUT2D eigenvalue weighted by Crippen LogP contribution is -1.98. The van der Waals surface area contributed by atoms with Crippen molar-refractivity contribution < 1.29 is 9.26 Å². The lowest BCUT2D eigenvalue weighted by Gasteiger charge is -2.05. The first-order valence-corrected chi connectivity index (χ1v) is 4.66. The van der Waals surface area contributed by atoms with E-state index in [1.165, 1.54) is 6.20 Å². The smallest absolute Gasteiger partial charge is 0.232 e. The predicted octanol–water partition coefficient (Wildman–Crippen LogP) is 1.40. The fourth-order valence-electron chi connectivity index (χ4n) is 1.29. The number of rotatable bonds is 3. The maximum atomic E-state index is 9.07. The van der Waals surface area contributed by atoms with Crippen LogP contribution in [0.4, 0.5) is 0 Å². The summed E-state index contributed by atoms with van der Waals surface area (Å²) in [7, 11) is 0. The minimum Gasteiger partial charge on any atom is -0.477 e. The number of pyridine rings is 1. The van der Waals surface area contributed by atoms with Crippen LogP contribution in [0.3, 0.4) is 0 Å². The second kappa shape index (κ2) is 4.40. The molecule has 0 radical (unpaired) electrons. The van der Waals surface area contributed by atoms with E-state index in [-0.39, 0.29) is 0 Å². The van der Waals surface area contributed by atoms with Crippen LogP contribution < -0.4 is 4.74 Å². The van der Waals surface area contributed by atoms with E-state index in [9.17, 15) is 0 Å². The summed E-state index contributed by atoms with van der Waals surface area (Å²) in [6.45, 7) is 2.27. The van der Waals surface area contributed by atoms with E-state index in [0.29, 0.717) is 29.4 Å². The molecular weight excluding hydrogens is 208 g/mol. The van der Waals surface area contributed by atoms with Crippen molar-refractivity contribution in [1.82, 2.24) is 15.4 Å². The molecule has 0 spiro atoms. The number of aromatic nitrogens is 3. The van der Waals surface area contributed by atoms with Crippen molar-refractivity contribution in [2.75, 3.05) is 6.61 Å². The van der Waals surface area contributed by atoms with Gasteiger partial charge in [0.25, 0.3) is 0 Å². The highest BCUT2D eigenvalue weighted by molar-refractivity contribution is 5.67. The van der Waals surface area contributed by atoms with Gasteiger partial charge in [0.15, 0.2) is 5.76 Å². The van der Waals surface area contributed by atoms with Crippen molar-refractivity contribution in [1.29, 1.82) is 5.26 Å². The third-order valence-corrected chi connectivity index (χ3v) is 1.94. The van der Waals surface area contributed by atoms with Crippen molar-refractivity contribution in [3.63, 3.8) is 0 Å². The van der Waals surface area contributed by atoms with Gasteiger partial charge in [0, 0.05) is 17.0 Å². The van der Waals surface area contributed by atoms with E-state index in [1.807, 2.05) is 13.0 Å². The topological polar surface area (TPSA) is 84.8 Å². The molecule has 0 saturated carbocycles. The number of nitrogens with zero attached hydrogens (tertiary/aromatic N) is 4. The summed E-state index contributed by atoms with van der Waals surface area (Å²) >= 11 is 0. The first kappa shape index (κ1) is 10.1. The molecule has 0 aliphatic heterocycles. The van der Waals surface area contributed by atoms with Crippen LogP contribution in [0.1, 0.15) is 12.5 Å². The van der Waals surface area contributed by atoms with Gasteiger partial charge >= 0.3 is 0 Å². The predicted molar refractivity (Wildman–Crippen MR) is 53.4 cm³/mol. The van der Waals surface area contributed by atoms with E-state index in [1.54, 1.807) is 12.3 Å². The van der Waals surface area contributed by atoms with Crippen LogP contribution in [0, 0.1) is 11.3 Å². The second-order valence-corrected chi connectivity index (χ2v) is 2.87. The zero-order valence-electron chi connectivity index (χ0n) is 8.54. The Morgan fingerprint density at radius 2 is 2.44 bits per heavy atom. The lowest BCUT2D eigenvalue weighted by molar-refractivity contribution is 0.325. The summed E-state index contributed by atoms with van der Waals surface area (Å²) in [6, 6.07) is 3.69. The molecule has 2 aromatic rings. The molecule has 2 heterocycles. The van der Waals surface area contributed by atoms with Crippen molar-refractivity contribution in [3.05, 3.63) is 24.0 Å². The van der Waals surface area contributed by atoms with Gasteiger partial charge in [0.1, 0.15) is 11.6 Å². The standard InChI is InChI=1S/C10H8N4O2/c1-2-15-10-8(5-11)7(3-4-12-10)9-6-13-14-16-9/h3-4,6H,2H2,1H3. The summed E-state index contributed by atoms with van der Waals surface area (Å²) < 4.78 is 10.2. The van der Waals surface area contributed by atoms with Crippen LogP contribution in [0.15, 0.2) is 23.0 Å². The lowest BCUT2D eigenvalue weighted by atomic mass is 10.1. The van der Waals surface area contributed by atoms with E-state index < -0.39 is 0 Å². The van der Waals surface area contributed by atoms with Gasteiger partial charge in [-0.15, -0.1) is 5.10 Å². The molecule has 0 aliphatic carbocycles. The van der Waals surface area contributed by atoms with Crippen LogP contribution in [0.25, 0.3) is 11.3 Å².